The van der Waals surface area contributed by atoms with Crippen LogP contribution in [0.1, 0.15) is 69.9 Å². The van der Waals surface area contributed by atoms with Crippen LogP contribution in [0.15, 0.2) is 24.3 Å². The SMILES string of the molecule is CC1(C)CC=C(c2cc(C3(O)CCCC3)ccc2N)CC1. The molecule has 2 nitrogen and oxygen atoms in total. The van der Waals surface area contributed by atoms with Gasteiger partial charge in [-0.3, -0.25) is 0 Å². The van der Waals surface area contributed by atoms with Gasteiger partial charge < -0.3 is 10.8 Å². The van der Waals surface area contributed by atoms with E-state index in [9.17, 15) is 5.11 Å². The molecule has 1 saturated carbocycles. The Morgan fingerprint density at radius 2 is 1.81 bits per heavy atom. The lowest BCUT2D eigenvalue weighted by atomic mass is 9.76. The number of hydrogen-bond donors (Lipinski definition) is 2. The summed E-state index contributed by atoms with van der Waals surface area (Å²) in [5, 5.41) is 10.8. The Balaban J connectivity index is 1.94. The Kier molecular flexibility index (Phi) is 3.61. The first-order valence-corrected chi connectivity index (χ1v) is 8.22. The van der Waals surface area contributed by atoms with Crippen molar-refractivity contribution in [3.8, 4) is 0 Å². The first-order chi connectivity index (χ1) is 9.90. The minimum absolute atomic E-state index is 0.402. The van der Waals surface area contributed by atoms with Crippen molar-refractivity contribution in [1.29, 1.82) is 0 Å². The summed E-state index contributed by atoms with van der Waals surface area (Å²) in [7, 11) is 0. The van der Waals surface area contributed by atoms with E-state index in [1.807, 2.05) is 12.1 Å². The van der Waals surface area contributed by atoms with E-state index in [4.69, 9.17) is 5.73 Å². The molecular formula is C19H27NO. The largest absolute Gasteiger partial charge is 0.398 e. The molecule has 0 radical (unpaired) electrons. The minimum Gasteiger partial charge on any atom is -0.398 e. The Morgan fingerprint density at radius 1 is 1.10 bits per heavy atom. The molecule has 3 rings (SSSR count). The Bertz CT molecular complexity index is 565. The van der Waals surface area contributed by atoms with Crippen molar-refractivity contribution < 1.29 is 5.11 Å². The van der Waals surface area contributed by atoms with Crippen molar-refractivity contribution in [2.24, 2.45) is 5.41 Å². The van der Waals surface area contributed by atoms with Crippen LogP contribution < -0.4 is 5.73 Å². The van der Waals surface area contributed by atoms with Gasteiger partial charge in [0.1, 0.15) is 0 Å². The first-order valence-electron chi connectivity index (χ1n) is 8.22. The van der Waals surface area contributed by atoms with Gasteiger partial charge >= 0.3 is 0 Å². The summed E-state index contributed by atoms with van der Waals surface area (Å²) in [6, 6.07) is 6.13. The summed E-state index contributed by atoms with van der Waals surface area (Å²) in [5.74, 6) is 0. The van der Waals surface area contributed by atoms with Crippen LogP contribution in [0, 0.1) is 5.41 Å². The molecule has 2 aliphatic rings. The zero-order valence-electron chi connectivity index (χ0n) is 13.3. The third-order valence-corrected chi connectivity index (χ3v) is 5.34. The average molecular weight is 285 g/mol. The summed E-state index contributed by atoms with van der Waals surface area (Å²) >= 11 is 0. The second kappa shape index (κ2) is 5.17. The van der Waals surface area contributed by atoms with E-state index in [1.165, 1.54) is 12.0 Å². The molecule has 3 N–H and O–H groups in total. The molecule has 1 aromatic carbocycles. The van der Waals surface area contributed by atoms with Gasteiger partial charge in [0, 0.05) is 11.3 Å². The van der Waals surface area contributed by atoms with Gasteiger partial charge in [0.05, 0.1) is 5.60 Å². The van der Waals surface area contributed by atoms with Crippen LogP contribution in [0.2, 0.25) is 0 Å². The van der Waals surface area contributed by atoms with Gasteiger partial charge in [0.15, 0.2) is 0 Å². The first kappa shape index (κ1) is 14.6. The number of allylic oxidation sites excluding steroid dienone is 2. The van der Waals surface area contributed by atoms with E-state index < -0.39 is 5.60 Å². The highest BCUT2D eigenvalue weighted by molar-refractivity contribution is 5.76. The van der Waals surface area contributed by atoms with Crippen molar-refractivity contribution in [3.63, 3.8) is 0 Å². The van der Waals surface area contributed by atoms with Gasteiger partial charge in [0.2, 0.25) is 0 Å². The van der Waals surface area contributed by atoms with Crippen LogP contribution in [0.3, 0.4) is 0 Å². The second-order valence-electron chi connectivity index (χ2n) is 7.64. The van der Waals surface area contributed by atoms with Crippen molar-refractivity contribution in [1.82, 2.24) is 0 Å². The van der Waals surface area contributed by atoms with Crippen LogP contribution in [-0.2, 0) is 5.60 Å². The van der Waals surface area contributed by atoms with E-state index in [-0.39, 0.29) is 0 Å². The lowest BCUT2D eigenvalue weighted by Gasteiger charge is -2.30. The molecule has 0 heterocycles. The van der Waals surface area contributed by atoms with E-state index in [0.29, 0.717) is 5.41 Å². The highest BCUT2D eigenvalue weighted by atomic mass is 16.3. The maximum atomic E-state index is 10.8. The van der Waals surface area contributed by atoms with Crippen LogP contribution in [-0.4, -0.2) is 5.11 Å². The molecule has 0 bridgehead atoms. The van der Waals surface area contributed by atoms with Crippen LogP contribution in [0.25, 0.3) is 5.57 Å². The quantitative estimate of drug-likeness (QED) is 0.779. The fourth-order valence-corrected chi connectivity index (χ4v) is 3.69. The zero-order valence-corrected chi connectivity index (χ0v) is 13.3. The Hall–Kier alpha value is -1.28. The van der Waals surface area contributed by atoms with Gasteiger partial charge in [-0.1, -0.05) is 38.8 Å². The number of nitrogens with two attached hydrogens (primary N) is 1. The lowest BCUT2D eigenvalue weighted by Crippen LogP contribution is -2.21. The van der Waals surface area contributed by atoms with E-state index in [0.717, 1.165) is 55.3 Å². The molecule has 0 aromatic heterocycles. The smallest absolute Gasteiger partial charge is 0.0896 e. The van der Waals surface area contributed by atoms with Gasteiger partial charge in [-0.25, -0.2) is 0 Å². The molecule has 2 heteroatoms. The van der Waals surface area contributed by atoms with E-state index in [2.05, 4.69) is 26.0 Å². The van der Waals surface area contributed by atoms with Gasteiger partial charge in [-0.2, -0.15) is 0 Å². The normalized spacial score (nSPS) is 23.9. The minimum atomic E-state index is -0.628. The highest BCUT2D eigenvalue weighted by Gasteiger charge is 2.33. The number of rotatable bonds is 2. The molecule has 114 valence electrons. The molecule has 2 aliphatic carbocycles. The molecule has 1 fully saturated rings. The molecular weight excluding hydrogens is 258 g/mol. The van der Waals surface area contributed by atoms with Gasteiger partial charge in [-0.05, 0) is 60.8 Å². The lowest BCUT2D eigenvalue weighted by molar-refractivity contribution is 0.0445. The maximum absolute atomic E-state index is 10.8. The number of nitrogen functional groups attached to an aromatic ring is 1. The van der Waals surface area contributed by atoms with E-state index in [1.54, 1.807) is 0 Å². The average Bonchev–Trinajstić information content (AvgIpc) is 2.88. The summed E-state index contributed by atoms with van der Waals surface area (Å²) in [5.41, 5.74) is 10.4. The molecule has 1 aromatic rings. The van der Waals surface area contributed by atoms with Crippen molar-refractivity contribution in [3.05, 3.63) is 35.4 Å². The van der Waals surface area contributed by atoms with E-state index >= 15 is 0 Å². The van der Waals surface area contributed by atoms with Crippen molar-refractivity contribution >= 4 is 11.3 Å². The summed E-state index contributed by atoms with van der Waals surface area (Å²) in [6.45, 7) is 4.64. The molecule has 0 spiro atoms. The topological polar surface area (TPSA) is 46.2 Å². The Morgan fingerprint density at radius 3 is 2.43 bits per heavy atom. The molecule has 0 atom stereocenters. The summed E-state index contributed by atoms with van der Waals surface area (Å²) in [4.78, 5) is 0. The molecule has 21 heavy (non-hydrogen) atoms. The zero-order chi connectivity index (χ0) is 15.1. The van der Waals surface area contributed by atoms with Gasteiger partial charge in [-0.15, -0.1) is 0 Å². The summed E-state index contributed by atoms with van der Waals surface area (Å²) < 4.78 is 0. The number of aliphatic hydroxyl groups is 1. The second-order valence-corrected chi connectivity index (χ2v) is 7.64. The number of benzene rings is 1. The molecule has 0 saturated heterocycles. The molecule has 0 unspecified atom stereocenters. The van der Waals surface area contributed by atoms with Gasteiger partial charge in [0.25, 0.3) is 0 Å². The third-order valence-electron chi connectivity index (χ3n) is 5.34. The number of anilines is 1. The monoisotopic (exact) mass is 285 g/mol. The molecule has 0 amide bonds. The summed E-state index contributed by atoms with van der Waals surface area (Å²) in [6.07, 6.45) is 9.73. The highest BCUT2D eigenvalue weighted by Crippen LogP contribution is 2.43. The van der Waals surface area contributed by atoms with Crippen LogP contribution in [0.4, 0.5) is 5.69 Å². The maximum Gasteiger partial charge on any atom is 0.0896 e. The third kappa shape index (κ3) is 2.87. The molecule has 0 aliphatic heterocycles. The number of hydrogen-bond acceptors (Lipinski definition) is 2. The predicted octanol–water partition coefficient (Wildman–Crippen LogP) is 4.62. The fourth-order valence-electron chi connectivity index (χ4n) is 3.69. The Labute approximate surface area is 128 Å². The predicted molar refractivity (Wildman–Crippen MR) is 88.8 cm³/mol. The standard InChI is InChI=1S/C19H27NO/c1-18(2)11-7-14(8-12-18)16-13-15(5-6-17(16)20)19(21)9-3-4-10-19/h5-7,13,21H,3-4,8-12,20H2,1-2H3. The van der Waals surface area contributed by atoms with Crippen molar-refractivity contribution in [2.75, 3.05) is 5.73 Å². The fraction of sp³-hybridized carbons (Fsp3) is 0.579. The van der Waals surface area contributed by atoms with Crippen molar-refractivity contribution in [2.45, 2.75) is 64.4 Å². The van der Waals surface area contributed by atoms with Crippen LogP contribution >= 0.6 is 0 Å². The van der Waals surface area contributed by atoms with Crippen LogP contribution in [0.5, 0.6) is 0 Å².